The molecule has 0 bridgehead atoms. The normalized spacial score (nSPS) is 12.6. The lowest BCUT2D eigenvalue weighted by molar-refractivity contribution is 0.536. The van der Waals surface area contributed by atoms with Crippen molar-refractivity contribution in [3.63, 3.8) is 0 Å². The summed E-state index contributed by atoms with van der Waals surface area (Å²) in [5, 5.41) is 6.13. The fourth-order valence-electron chi connectivity index (χ4n) is 2.05. The topological polar surface area (TPSA) is 24.9 Å². The van der Waals surface area contributed by atoms with Crippen LogP contribution in [0.5, 0.6) is 0 Å². The molecule has 1 aromatic carbocycles. The second-order valence-corrected chi connectivity index (χ2v) is 6.84. The molecule has 2 rings (SSSR count). The Morgan fingerprint density at radius 2 is 2.15 bits per heavy atom. The Hall–Kier alpha value is -0.610. The van der Waals surface area contributed by atoms with Gasteiger partial charge in [-0.2, -0.15) is 0 Å². The summed E-state index contributed by atoms with van der Waals surface area (Å²) in [6.07, 6.45) is 3.87. The van der Waals surface area contributed by atoms with Crippen LogP contribution in [0, 0.1) is 6.92 Å². The number of thiazole rings is 1. The molecule has 2 nitrogen and oxygen atoms in total. The molecule has 0 fully saturated rings. The summed E-state index contributed by atoms with van der Waals surface area (Å²) in [7, 11) is 0. The molecule has 0 aliphatic heterocycles. The molecule has 1 atom stereocenters. The summed E-state index contributed by atoms with van der Waals surface area (Å²) in [6, 6.07) is 5.85. The van der Waals surface area contributed by atoms with Gasteiger partial charge < -0.3 is 5.32 Å². The molecular formula is C15H18Cl2N2S. The predicted molar refractivity (Wildman–Crippen MR) is 88.1 cm³/mol. The predicted octanol–water partition coefficient (Wildman–Crippen LogP) is 5.04. The van der Waals surface area contributed by atoms with E-state index in [1.807, 2.05) is 31.3 Å². The molecule has 108 valence electrons. The average molecular weight is 329 g/mol. The van der Waals surface area contributed by atoms with Crippen molar-refractivity contribution in [2.45, 2.75) is 32.7 Å². The molecule has 5 heteroatoms. The maximum Gasteiger partial charge on any atom is 0.0897 e. The molecule has 1 unspecified atom stereocenters. The minimum Gasteiger partial charge on any atom is -0.309 e. The van der Waals surface area contributed by atoms with Crippen LogP contribution in [0.2, 0.25) is 10.0 Å². The third kappa shape index (κ3) is 4.19. The van der Waals surface area contributed by atoms with Crippen LogP contribution in [0.25, 0.3) is 0 Å². The van der Waals surface area contributed by atoms with Crippen LogP contribution in [0.3, 0.4) is 0 Å². The number of hydrogen-bond donors (Lipinski definition) is 1. The second kappa shape index (κ2) is 7.41. The highest BCUT2D eigenvalue weighted by Crippen LogP contribution is 2.28. The Morgan fingerprint density at radius 1 is 1.35 bits per heavy atom. The highest BCUT2D eigenvalue weighted by Gasteiger charge is 2.16. The molecule has 1 aromatic heterocycles. The van der Waals surface area contributed by atoms with Gasteiger partial charge in [-0.1, -0.05) is 30.1 Å². The van der Waals surface area contributed by atoms with E-state index in [0.717, 1.165) is 40.0 Å². The molecule has 0 saturated carbocycles. The molecule has 0 aliphatic rings. The summed E-state index contributed by atoms with van der Waals surface area (Å²) in [5.41, 5.74) is 1.07. The first-order valence-corrected chi connectivity index (χ1v) is 8.27. The molecule has 1 N–H and O–H groups in total. The van der Waals surface area contributed by atoms with Crippen molar-refractivity contribution in [1.29, 1.82) is 0 Å². The van der Waals surface area contributed by atoms with Crippen LogP contribution >= 0.6 is 34.5 Å². The quantitative estimate of drug-likeness (QED) is 0.803. The van der Waals surface area contributed by atoms with E-state index in [4.69, 9.17) is 23.2 Å². The third-order valence-electron chi connectivity index (χ3n) is 3.06. The Morgan fingerprint density at radius 3 is 2.80 bits per heavy atom. The Bertz CT molecular complexity index is 569. The third-order valence-corrected chi connectivity index (χ3v) is 4.69. The minimum atomic E-state index is 0.233. The van der Waals surface area contributed by atoms with Gasteiger partial charge in [-0.3, -0.25) is 0 Å². The molecule has 1 heterocycles. The standard InChI is InChI=1S/C15H18Cl2N2S/c1-3-6-18-14(15-9-19-10(2)20-15)8-11-7-12(16)4-5-13(11)17/h4-5,7,9,14,18H,3,6,8H2,1-2H3. The van der Waals surface area contributed by atoms with Crippen LogP contribution in [-0.4, -0.2) is 11.5 Å². The minimum absolute atomic E-state index is 0.233. The first-order valence-electron chi connectivity index (χ1n) is 6.69. The van der Waals surface area contributed by atoms with Gasteiger partial charge in [0.05, 0.1) is 5.01 Å². The van der Waals surface area contributed by atoms with Crippen molar-refractivity contribution in [1.82, 2.24) is 10.3 Å². The van der Waals surface area contributed by atoms with Crippen LogP contribution in [-0.2, 0) is 6.42 Å². The Kier molecular flexibility index (Phi) is 5.85. The fraction of sp³-hybridized carbons (Fsp3) is 0.400. The first kappa shape index (κ1) is 15.8. The van der Waals surface area contributed by atoms with Crippen molar-refractivity contribution in [3.05, 3.63) is 49.9 Å². The Balaban J connectivity index is 2.21. The van der Waals surface area contributed by atoms with E-state index in [1.54, 1.807) is 11.3 Å². The molecule has 0 spiro atoms. The SMILES string of the molecule is CCCNC(Cc1cc(Cl)ccc1Cl)c1cnc(C)s1. The number of hydrogen-bond acceptors (Lipinski definition) is 3. The van der Waals surface area contributed by atoms with E-state index in [-0.39, 0.29) is 6.04 Å². The molecule has 20 heavy (non-hydrogen) atoms. The van der Waals surface area contributed by atoms with Gasteiger partial charge in [0.25, 0.3) is 0 Å². The monoisotopic (exact) mass is 328 g/mol. The van der Waals surface area contributed by atoms with Crippen LogP contribution in [0.4, 0.5) is 0 Å². The summed E-state index contributed by atoms with van der Waals surface area (Å²) >= 11 is 14.1. The fourth-order valence-corrected chi connectivity index (χ4v) is 3.30. The highest BCUT2D eigenvalue weighted by molar-refractivity contribution is 7.11. The van der Waals surface area contributed by atoms with Gasteiger partial charge in [-0.25, -0.2) is 4.98 Å². The zero-order valence-electron chi connectivity index (χ0n) is 11.6. The maximum absolute atomic E-state index is 6.27. The van der Waals surface area contributed by atoms with Gasteiger partial charge in [-0.05, 0) is 50.1 Å². The molecule has 2 aromatic rings. The zero-order chi connectivity index (χ0) is 14.5. The maximum atomic E-state index is 6.27. The summed E-state index contributed by atoms with van der Waals surface area (Å²) in [4.78, 5) is 5.59. The van der Waals surface area contributed by atoms with Gasteiger partial charge in [0.1, 0.15) is 0 Å². The summed E-state index contributed by atoms with van der Waals surface area (Å²) < 4.78 is 0. The van der Waals surface area contributed by atoms with E-state index in [1.165, 1.54) is 4.88 Å². The lowest BCUT2D eigenvalue weighted by Gasteiger charge is -2.17. The molecule has 0 radical (unpaired) electrons. The van der Waals surface area contributed by atoms with Gasteiger partial charge in [-0.15, -0.1) is 11.3 Å². The molecule has 0 aliphatic carbocycles. The van der Waals surface area contributed by atoms with Crippen molar-refractivity contribution in [2.75, 3.05) is 6.54 Å². The number of halogens is 2. The summed E-state index contributed by atoms with van der Waals surface area (Å²) in [6.45, 7) is 5.16. The van der Waals surface area contributed by atoms with E-state index < -0.39 is 0 Å². The number of benzene rings is 1. The second-order valence-electron chi connectivity index (χ2n) is 4.73. The molecular weight excluding hydrogens is 311 g/mol. The number of aromatic nitrogens is 1. The molecule has 0 amide bonds. The number of nitrogens with one attached hydrogen (secondary N) is 1. The van der Waals surface area contributed by atoms with Crippen LogP contribution in [0.1, 0.15) is 34.8 Å². The smallest absolute Gasteiger partial charge is 0.0897 e. The van der Waals surface area contributed by atoms with E-state index in [9.17, 15) is 0 Å². The van der Waals surface area contributed by atoms with Crippen LogP contribution < -0.4 is 5.32 Å². The van der Waals surface area contributed by atoms with E-state index >= 15 is 0 Å². The van der Waals surface area contributed by atoms with Crippen molar-refractivity contribution < 1.29 is 0 Å². The van der Waals surface area contributed by atoms with E-state index in [0.29, 0.717) is 0 Å². The highest BCUT2D eigenvalue weighted by atomic mass is 35.5. The number of nitrogens with zero attached hydrogens (tertiary/aromatic N) is 1. The number of aryl methyl sites for hydroxylation is 1. The van der Waals surface area contributed by atoms with Crippen molar-refractivity contribution in [2.24, 2.45) is 0 Å². The van der Waals surface area contributed by atoms with E-state index in [2.05, 4.69) is 17.2 Å². The first-order chi connectivity index (χ1) is 9.60. The largest absolute Gasteiger partial charge is 0.309 e. The lowest BCUT2D eigenvalue weighted by atomic mass is 10.0. The zero-order valence-corrected chi connectivity index (χ0v) is 13.9. The molecule has 0 saturated heterocycles. The number of rotatable bonds is 6. The Labute approximate surface area is 134 Å². The van der Waals surface area contributed by atoms with Gasteiger partial charge in [0.2, 0.25) is 0 Å². The van der Waals surface area contributed by atoms with Crippen molar-refractivity contribution >= 4 is 34.5 Å². The summed E-state index contributed by atoms with van der Waals surface area (Å²) in [5.74, 6) is 0. The lowest BCUT2D eigenvalue weighted by Crippen LogP contribution is -2.23. The van der Waals surface area contributed by atoms with Gasteiger partial charge >= 0.3 is 0 Å². The van der Waals surface area contributed by atoms with Crippen molar-refractivity contribution in [3.8, 4) is 0 Å². The van der Waals surface area contributed by atoms with Crippen LogP contribution in [0.15, 0.2) is 24.4 Å². The van der Waals surface area contributed by atoms with Gasteiger partial charge in [0, 0.05) is 27.2 Å². The van der Waals surface area contributed by atoms with Gasteiger partial charge in [0.15, 0.2) is 0 Å². The average Bonchev–Trinajstić information content (AvgIpc) is 2.85.